The number of hydrogen-bond acceptors (Lipinski definition) is 2. The molecule has 0 amide bonds. The first kappa shape index (κ1) is 13.0. The Hall–Kier alpha value is -1.02. The molecule has 0 aliphatic carbocycles. The summed E-state index contributed by atoms with van der Waals surface area (Å²) in [5.41, 5.74) is 1.04. The van der Waals surface area contributed by atoms with Crippen LogP contribution in [0.3, 0.4) is 0 Å². The monoisotopic (exact) mass is 222 g/mol. The van der Waals surface area contributed by atoms with E-state index in [0.717, 1.165) is 25.0 Å². The van der Waals surface area contributed by atoms with Crippen LogP contribution < -0.4 is 4.74 Å². The Bertz CT molecular complexity index is 316. The van der Waals surface area contributed by atoms with Gasteiger partial charge in [0.15, 0.2) is 0 Å². The Morgan fingerprint density at radius 2 is 1.94 bits per heavy atom. The lowest BCUT2D eigenvalue weighted by atomic mass is 9.86. The van der Waals surface area contributed by atoms with Gasteiger partial charge in [0.2, 0.25) is 0 Å². The molecule has 2 heteroatoms. The second-order valence-corrected chi connectivity index (χ2v) is 4.03. The van der Waals surface area contributed by atoms with Gasteiger partial charge in [-0.3, -0.25) is 0 Å². The fourth-order valence-electron chi connectivity index (χ4n) is 2.20. The summed E-state index contributed by atoms with van der Waals surface area (Å²) in [5.74, 6) is 0.892. The van der Waals surface area contributed by atoms with Gasteiger partial charge < -0.3 is 9.47 Å². The standard InChI is InChI=1S/C14H22O2/c1-5-10-14(6-2,16-4)12-8-7-9-13(11-12)15-3/h7-9,11H,5-6,10H2,1-4H3/t14-/m1/s1. The molecule has 0 radical (unpaired) electrons. The van der Waals surface area contributed by atoms with Crippen LogP contribution in [0.15, 0.2) is 24.3 Å². The van der Waals surface area contributed by atoms with Gasteiger partial charge in [-0.1, -0.05) is 32.4 Å². The SMILES string of the molecule is CCC[C@@](CC)(OC)c1cccc(OC)c1. The lowest BCUT2D eigenvalue weighted by molar-refractivity contribution is -0.0264. The van der Waals surface area contributed by atoms with E-state index in [1.807, 2.05) is 12.1 Å². The first-order chi connectivity index (χ1) is 7.72. The molecular weight excluding hydrogens is 200 g/mol. The molecule has 1 aromatic rings. The van der Waals surface area contributed by atoms with Crippen LogP contribution in [0.25, 0.3) is 0 Å². The van der Waals surface area contributed by atoms with Gasteiger partial charge in [0.1, 0.15) is 5.75 Å². The summed E-state index contributed by atoms with van der Waals surface area (Å²) >= 11 is 0. The summed E-state index contributed by atoms with van der Waals surface area (Å²) in [5, 5.41) is 0. The van der Waals surface area contributed by atoms with E-state index in [0.29, 0.717) is 0 Å². The molecule has 0 unspecified atom stereocenters. The molecule has 0 aliphatic heterocycles. The molecule has 0 N–H and O–H groups in total. The van der Waals surface area contributed by atoms with Crippen LogP contribution in [0.4, 0.5) is 0 Å². The molecule has 1 aromatic carbocycles. The minimum absolute atomic E-state index is 0.163. The summed E-state index contributed by atoms with van der Waals surface area (Å²) in [7, 11) is 3.48. The smallest absolute Gasteiger partial charge is 0.119 e. The highest BCUT2D eigenvalue weighted by Gasteiger charge is 2.29. The fraction of sp³-hybridized carbons (Fsp3) is 0.571. The van der Waals surface area contributed by atoms with Crippen LogP contribution in [0, 0.1) is 0 Å². The highest BCUT2D eigenvalue weighted by atomic mass is 16.5. The van der Waals surface area contributed by atoms with Crippen molar-refractivity contribution >= 4 is 0 Å². The van der Waals surface area contributed by atoms with Crippen molar-refractivity contribution in [2.75, 3.05) is 14.2 Å². The van der Waals surface area contributed by atoms with Crippen molar-refractivity contribution in [2.45, 2.75) is 38.7 Å². The number of benzene rings is 1. The van der Waals surface area contributed by atoms with Crippen LogP contribution in [0.2, 0.25) is 0 Å². The molecule has 0 aromatic heterocycles. The van der Waals surface area contributed by atoms with E-state index in [1.165, 1.54) is 5.56 Å². The second kappa shape index (κ2) is 5.90. The number of hydrogen-bond donors (Lipinski definition) is 0. The molecule has 90 valence electrons. The van der Waals surface area contributed by atoms with E-state index in [-0.39, 0.29) is 5.60 Å². The van der Waals surface area contributed by atoms with Crippen molar-refractivity contribution in [1.82, 2.24) is 0 Å². The molecular formula is C14H22O2. The minimum atomic E-state index is -0.163. The van der Waals surface area contributed by atoms with Gasteiger partial charge in [-0.15, -0.1) is 0 Å². The third-order valence-electron chi connectivity index (χ3n) is 3.21. The van der Waals surface area contributed by atoms with Gasteiger partial charge in [0.25, 0.3) is 0 Å². The van der Waals surface area contributed by atoms with Crippen molar-refractivity contribution in [3.63, 3.8) is 0 Å². The van der Waals surface area contributed by atoms with E-state index in [4.69, 9.17) is 9.47 Å². The van der Waals surface area contributed by atoms with Crippen molar-refractivity contribution in [2.24, 2.45) is 0 Å². The predicted molar refractivity (Wildman–Crippen MR) is 66.9 cm³/mol. The summed E-state index contributed by atoms with van der Waals surface area (Å²) in [6, 6.07) is 8.17. The highest BCUT2D eigenvalue weighted by Crippen LogP contribution is 2.35. The molecule has 0 fully saturated rings. The predicted octanol–water partition coefficient (Wildman–Crippen LogP) is 3.75. The third-order valence-corrected chi connectivity index (χ3v) is 3.21. The quantitative estimate of drug-likeness (QED) is 0.730. The van der Waals surface area contributed by atoms with Gasteiger partial charge in [0, 0.05) is 7.11 Å². The Labute approximate surface area is 98.6 Å². The van der Waals surface area contributed by atoms with Gasteiger partial charge in [-0.25, -0.2) is 0 Å². The van der Waals surface area contributed by atoms with E-state index >= 15 is 0 Å². The molecule has 0 saturated carbocycles. The van der Waals surface area contributed by atoms with Crippen molar-refractivity contribution < 1.29 is 9.47 Å². The molecule has 0 saturated heterocycles. The number of ether oxygens (including phenoxy) is 2. The van der Waals surface area contributed by atoms with E-state index in [9.17, 15) is 0 Å². The zero-order valence-electron chi connectivity index (χ0n) is 10.7. The topological polar surface area (TPSA) is 18.5 Å². The first-order valence-electron chi connectivity index (χ1n) is 5.92. The first-order valence-corrected chi connectivity index (χ1v) is 5.92. The average molecular weight is 222 g/mol. The van der Waals surface area contributed by atoms with Crippen LogP contribution in [0.5, 0.6) is 5.75 Å². The number of rotatable bonds is 6. The highest BCUT2D eigenvalue weighted by molar-refractivity contribution is 5.32. The van der Waals surface area contributed by atoms with Crippen molar-refractivity contribution in [3.8, 4) is 5.75 Å². The zero-order chi connectivity index (χ0) is 12.0. The van der Waals surface area contributed by atoms with Gasteiger partial charge in [-0.05, 0) is 30.5 Å². The molecule has 16 heavy (non-hydrogen) atoms. The van der Waals surface area contributed by atoms with Crippen molar-refractivity contribution in [3.05, 3.63) is 29.8 Å². The van der Waals surface area contributed by atoms with Gasteiger partial charge >= 0.3 is 0 Å². The van der Waals surface area contributed by atoms with E-state index in [1.54, 1.807) is 14.2 Å². The maximum atomic E-state index is 5.76. The molecule has 1 rings (SSSR count). The number of methoxy groups -OCH3 is 2. The molecule has 0 spiro atoms. The van der Waals surface area contributed by atoms with Crippen LogP contribution >= 0.6 is 0 Å². The van der Waals surface area contributed by atoms with E-state index < -0.39 is 0 Å². The molecule has 1 atom stereocenters. The lowest BCUT2D eigenvalue weighted by Gasteiger charge is -2.32. The Balaban J connectivity index is 3.08. The second-order valence-electron chi connectivity index (χ2n) is 4.03. The van der Waals surface area contributed by atoms with Crippen LogP contribution in [-0.2, 0) is 10.3 Å². The molecule has 0 heterocycles. The normalized spacial score (nSPS) is 14.5. The Morgan fingerprint density at radius 1 is 1.19 bits per heavy atom. The largest absolute Gasteiger partial charge is 0.497 e. The maximum absolute atomic E-state index is 5.76. The summed E-state index contributed by atoms with van der Waals surface area (Å²) in [6.07, 6.45) is 3.12. The maximum Gasteiger partial charge on any atom is 0.119 e. The zero-order valence-corrected chi connectivity index (χ0v) is 10.7. The van der Waals surface area contributed by atoms with Crippen molar-refractivity contribution in [1.29, 1.82) is 0 Å². The lowest BCUT2D eigenvalue weighted by Crippen LogP contribution is -2.27. The van der Waals surface area contributed by atoms with Gasteiger partial charge in [0.05, 0.1) is 12.7 Å². The molecule has 0 bridgehead atoms. The van der Waals surface area contributed by atoms with Gasteiger partial charge in [-0.2, -0.15) is 0 Å². The Kier molecular flexibility index (Phi) is 4.81. The van der Waals surface area contributed by atoms with Crippen LogP contribution in [-0.4, -0.2) is 14.2 Å². The summed E-state index contributed by atoms with van der Waals surface area (Å²) in [6.45, 7) is 4.35. The third kappa shape index (κ3) is 2.56. The van der Waals surface area contributed by atoms with Crippen LogP contribution in [0.1, 0.15) is 38.7 Å². The molecule has 2 nitrogen and oxygen atoms in total. The minimum Gasteiger partial charge on any atom is -0.497 e. The molecule has 0 aliphatic rings. The summed E-state index contributed by atoms with van der Waals surface area (Å²) < 4.78 is 11.0. The Morgan fingerprint density at radius 3 is 2.44 bits per heavy atom. The fourth-order valence-corrected chi connectivity index (χ4v) is 2.20. The summed E-state index contributed by atoms with van der Waals surface area (Å²) in [4.78, 5) is 0. The van der Waals surface area contributed by atoms with E-state index in [2.05, 4.69) is 26.0 Å². The average Bonchev–Trinajstić information content (AvgIpc) is 2.36.